The zero-order valence-corrected chi connectivity index (χ0v) is 14.4. The van der Waals surface area contributed by atoms with E-state index in [9.17, 15) is 14.4 Å². The molecule has 1 rings (SSSR count). The first kappa shape index (κ1) is 19.2. The van der Waals surface area contributed by atoms with E-state index in [0.29, 0.717) is 13.2 Å². The van der Waals surface area contributed by atoms with Gasteiger partial charge in [-0.3, -0.25) is 9.59 Å². The van der Waals surface area contributed by atoms with Gasteiger partial charge in [0.2, 0.25) is 11.8 Å². The van der Waals surface area contributed by atoms with Crippen LogP contribution in [-0.2, 0) is 19.1 Å². The van der Waals surface area contributed by atoms with Crippen molar-refractivity contribution in [2.24, 2.45) is 5.73 Å². The molecule has 132 valence electrons. The highest BCUT2D eigenvalue weighted by Gasteiger charge is 2.45. The summed E-state index contributed by atoms with van der Waals surface area (Å²) in [7, 11) is 0. The number of hydrogen-bond acceptors (Lipinski definition) is 5. The van der Waals surface area contributed by atoms with Crippen LogP contribution in [0.5, 0.6) is 0 Å². The van der Waals surface area contributed by atoms with Crippen molar-refractivity contribution in [1.29, 1.82) is 0 Å². The molecule has 0 radical (unpaired) electrons. The zero-order chi connectivity index (χ0) is 17.9. The molecule has 0 saturated carbocycles. The molecule has 23 heavy (non-hydrogen) atoms. The van der Waals surface area contributed by atoms with Gasteiger partial charge in [-0.1, -0.05) is 0 Å². The van der Waals surface area contributed by atoms with Crippen molar-refractivity contribution in [1.82, 2.24) is 10.6 Å². The Hall–Kier alpha value is -1.83. The van der Waals surface area contributed by atoms with Crippen LogP contribution in [0.2, 0.25) is 0 Å². The van der Waals surface area contributed by atoms with Crippen LogP contribution in [-0.4, -0.2) is 47.8 Å². The second-order valence-electron chi connectivity index (χ2n) is 7.26. The Bertz CT molecular complexity index is 476. The highest BCUT2D eigenvalue weighted by Crippen LogP contribution is 2.23. The maximum Gasteiger partial charge on any atom is 0.408 e. The average molecular weight is 329 g/mol. The number of amides is 3. The number of alkyl carbamates (subject to hydrolysis) is 1. The Labute approximate surface area is 136 Å². The predicted molar refractivity (Wildman–Crippen MR) is 83.6 cm³/mol. The fourth-order valence-corrected chi connectivity index (χ4v) is 2.09. The minimum atomic E-state index is -1.22. The zero-order valence-electron chi connectivity index (χ0n) is 14.4. The lowest BCUT2D eigenvalue weighted by molar-refractivity contribution is -0.137. The number of primary amides is 1. The molecule has 3 amide bonds. The number of nitrogens with two attached hydrogens (primary N) is 1. The fraction of sp³-hybridized carbons (Fsp3) is 0.800. The largest absolute Gasteiger partial charge is 0.444 e. The maximum atomic E-state index is 12.7. The molecular weight excluding hydrogens is 302 g/mol. The molecule has 0 aliphatic carbocycles. The van der Waals surface area contributed by atoms with Crippen molar-refractivity contribution in [2.45, 2.75) is 64.1 Å². The molecule has 1 saturated heterocycles. The van der Waals surface area contributed by atoms with E-state index in [1.165, 1.54) is 13.8 Å². The molecule has 0 bridgehead atoms. The minimum absolute atomic E-state index is 0.285. The normalized spacial score (nSPS) is 18.0. The van der Waals surface area contributed by atoms with Crippen LogP contribution >= 0.6 is 0 Å². The van der Waals surface area contributed by atoms with Gasteiger partial charge in [-0.2, -0.15) is 0 Å². The molecule has 0 atom stereocenters. The van der Waals surface area contributed by atoms with E-state index in [2.05, 4.69) is 10.6 Å². The van der Waals surface area contributed by atoms with Crippen LogP contribution in [0.3, 0.4) is 0 Å². The highest BCUT2D eigenvalue weighted by atomic mass is 16.6. The number of ether oxygens (including phenoxy) is 2. The third kappa shape index (κ3) is 5.38. The quantitative estimate of drug-likeness (QED) is 0.691. The van der Waals surface area contributed by atoms with Crippen LogP contribution in [0, 0.1) is 0 Å². The molecule has 0 aromatic carbocycles. The van der Waals surface area contributed by atoms with Gasteiger partial charge in [-0.05, 0) is 34.6 Å². The van der Waals surface area contributed by atoms with E-state index in [0.717, 1.165) is 0 Å². The van der Waals surface area contributed by atoms with Gasteiger partial charge in [0.1, 0.15) is 16.7 Å². The Morgan fingerprint density at radius 1 is 1.09 bits per heavy atom. The lowest BCUT2D eigenvalue weighted by atomic mass is 9.87. The summed E-state index contributed by atoms with van der Waals surface area (Å²) in [6.45, 7) is 8.86. The van der Waals surface area contributed by atoms with E-state index in [4.69, 9.17) is 15.2 Å². The molecule has 1 fully saturated rings. The van der Waals surface area contributed by atoms with Crippen LogP contribution < -0.4 is 16.4 Å². The van der Waals surface area contributed by atoms with Crippen LogP contribution in [0.25, 0.3) is 0 Å². The standard InChI is InChI=1S/C15H27N3O5/c1-13(2,3)23-12(21)18-15(6-8-22-9-7-15)11(20)17-14(4,5)10(16)19/h6-9H2,1-5H3,(H2,16,19)(H,17,20)(H,18,21). The van der Waals surface area contributed by atoms with Gasteiger partial charge < -0.3 is 25.8 Å². The van der Waals surface area contributed by atoms with Gasteiger partial charge in [-0.15, -0.1) is 0 Å². The lowest BCUT2D eigenvalue weighted by Crippen LogP contribution is -2.66. The van der Waals surface area contributed by atoms with E-state index in [-0.39, 0.29) is 12.8 Å². The van der Waals surface area contributed by atoms with E-state index in [1.807, 2.05) is 0 Å². The summed E-state index contributed by atoms with van der Waals surface area (Å²) < 4.78 is 10.5. The molecule has 0 aromatic rings. The topological polar surface area (TPSA) is 120 Å². The van der Waals surface area contributed by atoms with E-state index < -0.39 is 34.6 Å². The molecule has 1 aliphatic rings. The van der Waals surface area contributed by atoms with Gasteiger partial charge in [0.05, 0.1) is 0 Å². The van der Waals surface area contributed by atoms with Crippen molar-refractivity contribution in [2.75, 3.05) is 13.2 Å². The number of carbonyl (C=O) groups excluding carboxylic acids is 3. The summed E-state index contributed by atoms with van der Waals surface area (Å²) >= 11 is 0. The van der Waals surface area contributed by atoms with Crippen molar-refractivity contribution in [3.05, 3.63) is 0 Å². The summed E-state index contributed by atoms with van der Waals surface area (Å²) in [6, 6.07) is 0. The Kier molecular flexibility index (Phi) is 5.63. The van der Waals surface area contributed by atoms with Gasteiger partial charge >= 0.3 is 6.09 Å². The second-order valence-corrected chi connectivity index (χ2v) is 7.26. The van der Waals surface area contributed by atoms with Crippen molar-refractivity contribution in [3.8, 4) is 0 Å². The van der Waals surface area contributed by atoms with Crippen molar-refractivity contribution in [3.63, 3.8) is 0 Å². The second kappa shape index (κ2) is 6.74. The monoisotopic (exact) mass is 329 g/mol. The van der Waals surface area contributed by atoms with Crippen molar-refractivity contribution >= 4 is 17.9 Å². The van der Waals surface area contributed by atoms with E-state index in [1.54, 1.807) is 20.8 Å². The Morgan fingerprint density at radius 3 is 2.04 bits per heavy atom. The first-order chi connectivity index (χ1) is 10.4. The predicted octanol–water partition coefficient (Wildman–Crippen LogP) is 0.440. The average Bonchev–Trinajstić information content (AvgIpc) is 2.36. The van der Waals surface area contributed by atoms with Crippen LogP contribution in [0.4, 0.5) is 4.79 Å². The maximum absolute atomic E-state index is 12.7. The summed E-state index contributed by atoms with van der Waals surface area (Å²) in [5.74, 6) is -1.14. The summed E-state index contributed by atoms with van der Waals surface area (Å²) in [5, 5.41) is 5.24. The number of rotatable bonds is 4. The van der Waals surface area contributed by atoms with Crippen molar-refractivity contribution < 1.29 is 23.9 Å². The highest BCUT2D eigenvalue weighted by molar-refractivity contribution is 5.95. The number of carbonyl (C=O) groups is 3. The molecule has 0 aromatic heterocycles. The Balaban J connectivity index is 2.92. The Morgan fingerprint density at radius 2 is 1.61 bits per heavy atom. The summed E-state index contributed by atoms with van der Waals surface area (Å²) in [4.78, 5) is 36.2. The molecule has 8 heteroatoms. The summed E-state index contributed by atoms with van der Waals surface area (Å²) in [5.41, 5.74) is 2.19. The third-order valence-electron chi connectivity index (χ3n) is 3.56. The fourth-order valence-electron chi connectivity index (χ4n) is 2.09. The molecule has 0 unspecified atom stereocenters. The van der Waals surface area contributed by atoms with Gasteiger partial charge in [-0.25, -0.2) is 4.79 Å². The van der Waals surface area contributed by atoms with Gasteiger partial charge in [0, 0.05) is 26.1 Å². The van der Waals surface area contributed by atoms with Gasteiger partial charge in [0.15, 0.2) is 0 Å². The first-order valence-electron chi connectivity index (χ1n) is 7.59. The summed E-state index contributed by atoms with van der Waals surface area (Å²) in [6.07, 6.45) is -0.119. The molecule has 0 spiro atoms. The van der Waals surface area contributed by atoms with Crippen LogP contribution in [0.1, 0.15) is 47.5 Å². The molecule has 1 heterocycles. The van der Waals surface area contributed by atoms with Crippen LogP contribution in [0.15, 0.2) is 0 Å². The smallest absolute Gasteiger partial charge is 0.408 e. The third-order valence-corrected chi connectivity index (χ3v) is 3.56. The molecule has 4 N–H and O–H groups in total. The molecule has 1 aliphatic heterocycles. The SMILES string of the molecule is CC(C)(C)OC(=O)NC1(C(=O)NC(C)(C)C(N)=O)CCOCC1. The lowest BCUT2D eigenvalue weighted by Gasteiger charge is -2.38. The molecular formula is C15H27N3O5. The van der Waals surface area contributed by atoms with Gasteiger partial charge in [0.25, 0.3) is 0 Å². The van der Waals surface area contributed by atoms with E-state index >= 15 is 0 Å². The number of hydrogen-bond donors (Lipinski definition) is 3. The first-order valence-corrected chi connectivity index (χ1v) is 7.59. The molecule has 8 nitrogen and oxygen atoms in total. The number of nitrogens with one attached hydrogen (secondary N) is 2. The minimum Gasteiger partial charge on any atom is -0.444 e.